The highest BCUT2D eigenvalue weighted by Crippen LogP contribution is 2.16. The van der Waals surface area contributed by atoms with E-state index in [1.807, 2.05) is 0 Å². The van der Waals surface area contributed by atoms with E-state index in [1.54, 1.807) is 13.1 Å². The minimum absolute atomic E-state index is 0.169. The van der Waals surface area contributed by atoms with Gasteiger partial charge in [0.1, 0.15) is 0 Å². The Hall–Kier alpha value is -1.46. The maximum Gasteiger partial charge on any atom is 0.510 e. The first-order valence-electron chi connectivity index (χ1n) is 4.11. The quantitative estimate of drug-likeness (QED) is 0.638. The molecule has 1 aromatic heterocycles. The number of aromatic nitrogens is 2. The number of nitrogens with zero attached hydrogens (tertiary/aromatic N) is 2. The van der Waals surface area contributed by atoms with Gasteiger partial charge in [-0.1, -0.05) is 17.6 Å². The van der Waals surface area contributed by atoms with E-state index in [1.165, 1.54) is 16.9 Å². The minimum Gasteiger partial charge on any atom is -0.445 e. The molecule has 0 amide bonds. The average molecular weight is 199 g/mol. The van der Waals surface area contributed by atoms with Crippen molar-refractivity contribution in [1.29, 1.82) is 0 Å². The Morgan fingerprint density at radius 2 is 2.00 bits per heavy atom. The Morgan fingerprint density at radius 3 is 2.64 bits per heavy atom. The number of hydrogen-bond acceptors (Lipinski definition) is 1. The van der Waals surface area contributed by atoms with Gasteiger partial charge in [-0.05, 0) is 11.5 Å². The summed E-state index contributed by atoms with van der Waals surface area (Å²) in [5.41, 5.74) is -0.195. The van der Waals surface area contributed by atoms with E-state index in [9.17, 15) is 12.9 Å². The second kappa shape index (κ2) is 2.77. The molecule has 74 valence electrons. The Kier molecular flexibility index (Phi) is 1.80. The molecule has 0 saturated heterocycles. The lowest BCUT2D eigenvalue weighted by molar-refractivity contribution is 0.502. The van der Waals surface area contributed by atoms with Gasteiger partial charge in [-0.2, -0.15) is 5.10 Å². The Balaban J connectivity index is 2.77. The number of benzene rings is 1. The van der Waals surface area contributed by atoms with Gasteiger partial charge < -0.3 is 12.9 Å². The monoisotopic (exact) mass is 199 g/mol. The van der Waals surface area contributed by atoms with Crippen LogP contribution in [0.5, 0.6) is 0 Å². The molecule has 2 aromatic rings. The maximum atomic E-state index is 12.6. The highest BCUT2D eigenvalue weighted by molar-refractivity contribution is 6.75. The van der Waals surface area contributed by atoms with Crippen LogP contribution in [0.3, 0.4) is 0 Å². The Bertz CT molecular complexity index is 475. The van der Waals surface area contributed by atoms with Crippen LogP contribution in [0.15, 0.2) is 24.4 Å². The summed E-state index contributed by atoms with van der Waals surface area (Å²) in [5.74, 6) is 0. The predicted octanol–water partition coefficient (Wildman–Crippen LogP) is 1.63. The lowest BCUT2D eigenvalue weighted by Crippen LogP contribution is -2.34. The summed E-state index contributed by atoms with van der Waals surface area (Å²) in [5, 5.41) is 4.08. The molecule has 0 aliphatic rings. The standard InChI is InChI=1S/C8H7BF3N2/c1-14-5-6-7(9(10,11)12)3-2-4-8(6)13-14/h2-5H,1H3/q-1. The van der Waals surface area contributed by atoms with E-state index in [0.717, 1.165) is 6.07 Å². The third-order valence-corrected chi connectivity index (χ3v) is 2.05. The summed E-state index contributed by atoms with van der Waals surface area (Å²) in [6.07, 6.45) is 1.39. The van der Waals surface area contributed by atoms with Crippen molar-refractivity contribution >= 4 is 23.3 Å². The highest BCUT2D eigenvalue weighted by Gasteiger charge is 2.27. The molecule has 6 heteroatoms. The Morgan fingerprint density at radius 1 is 1.29 bits per heavy atom. The van der Waals surface area contributed by atoms with Gasteiger partial charge in [0, 0.05) is 13.2 Å². The second-order valence-electron chi connectivity index (χ2n) is 3.16. The van der Waals surface area contributed by atoms with Gasteiger partial charge in [0.05, 0.1) is 5.52 Å². The van der Waals surface area contributed by atoms with Crippen LogP contribution in [0.1, 0.15) is 0 Å². The van der Waals surface area contributed by atoms with E-state index in [2.05, 4.69) is 5.10 Å². The minimum atomic E-state index is -4.96. The summed E-state index contributed by atoms with van der Waals surface area (Å²) in [6.45, 7) is -4.96. The van der Waals surface area contributed by atoms with E-state index in [4.69, 9.17) is 0 Å². The van der Waals surface area contributed by atoms with Gasteiger partial charge in [-0.25, -0.2) is 0 Å². The molecule has 2 rings (SSSR count). The fraction of sp³-hybridized carbons (Fsp3) is 0.125. The predicted molar refractivity (Wildman–Crippen MR) is 49.4 cm³/mol. The third kappa shape index (κ3) is 1.36. The van der Waals surface area contributed by atoms with Crippen LogP contribution in [0.4, 0.5) is 12.9 Å². The van der Waals surface area contributed by atoms with Gasteiger partial charge in [0.2, 0.25) is 0 Å². The van der Waals surface area contributed by atoms with Crippen molar-refractivity contribution in [2.45, 2.75) is 0 Å². The molecule has 1 heterocycles. The molecule has 0 fully saturated rings. The molecule has 0 radical (unpaired) electrons. The van der Waals surface area contributed by atoms with Crippen molar-refractivity contribution in [2.24, 2.45) is 7.05 Å². The molecule has 0 aliphatic heterocycles. The van der Waals surface area contributed by atoms with E-state index in [0.29, 0.717) is 5.52 Å². The number of halogens is 3. The highest BCUT2D eigenvalue weighted by atomic mass is 19.4. The van der Waals surface area contributed by atoms with Crippen LogP contribution in [0.25, 0.3) is 10.9 Å². The van der Waals surface area contributed by atoms with Crippen molar-refractivity contribution in [3.8, 4) is 0 Å². The number of hydrogen-bond donors (Lipinski definition) is 0. The van der Waals surface area contributed by atoms with Crippen LogP contribution in [0, 0.1) is 0 Å². The van der Waals surface area contributed by atoms with Crippen LogP contribution in [0.2, 0.25) is 0 Å². The van der Waals surface area contributed by atoms with Crippen LogP contribution < -0.4 is 5.46 Å². The molecule has 1 aromatic carbocycles. The van der Waals surface area contributed by atoms with Gasteiger partial charge in [0.15, 0.2) is 0 Å². The summed E-state index contributed by atoms with van der Waals surface area (Å²) < 4.78 is 39.0. The number of fused-ring (bicyclic) bond motifs is 1. The van der Waals surface area contributed by atoms with Gasteiger partial charge in [-0.3, -0.25) is 4.68 Å². The molecule has 0 aliphatic carbocycles. The largest absolute Gasteiger partial charge is 0.510 e. The molecule has 14 heavy (non-hydrogen) atoms. The zero-order chi connectivity index (χ0) is 10.3. The first-order chi connectivity index (χ1) is 6.48. The van der Waals surface area contributed by atoms with Crippen molar-refractivity contribution in [1.82, 2.24) is 9.78 Å². The van der Waals surface area contributed by atoms with Crippen LogP contribution in [-0.2, 0) is 7.05 Å². The molecule has 0 atom stereocenters. The topological polar surface area (TPSA) is 17.8 Å². The zero-order valence-corrected chi connectivity index (χ0v) is 7.42. The molecule has 0 bridgehead atoms. The molecule has 0 unspecified atom stereocenters. The Labute approximate surface area is 78.4 Å². The number of aryl methyl sites for hydroxylation is 1. The number of rotatable bonds is 1. The lowest BCUT2D eigenvalue weighted by Gasteiger charge is -2.14. The van der Waals surface area contributed by atoms with Crippen molar-refractivity contribution in [2.75, 3.05) is 0 Å². The van der Waals surface area contributed by atoms with Gasteiger partial charge in [-0.15, -0.1) is 0 Å². The van der Waals surface area contributed by atoms with Crippen molar-refractivity contribution < 1.29 is 12.9 Å². The molecule has 0 saturated carbocycles. The lowest BCUT2D eigenvalue weighted by atomic mass is 9.78. The smallest absolute Gasteiger partial charge is 0.445 e. The summed E-state index contributed by atoms with van der Waals surface area (Å²) >= 11 is 0. The molecular weight excluding hydrogens is 192 g/mol. The SMILES string of the molecule is Cn1cc2c([B-](F)(F)F)cccc2n1. The zero-order valence-electron chi connectivity index (χ0n) is 7.42. The first kappa shape index (κ1) is 9.11. The van der Waals surface area contributed by atoms with Gasteiger partial charge >= 0.3 is 6.98 Å². The second-order valence-corrected chi connectivity index (χ2v) is 3.16. The van der Waals surface area contributed by atoms with Crippen molar-refractivity contribution in [3.05, 3.63) is 24.4 Å². The summed E-state index contributed by atoms with van der Waals surface area (Å²) in [6, 6.07) is 4.03. The van der Waals surface area contributed by atoms with Crippen LogP contribution >= 0.6 is 0 Å². The van der Waals surface area contributed by atoms with Crippen LogP contribution in [-0.4, -0.2) is 16.8 Å². The summed E-state index contributed by atoms with van der Waals surface area (Å²) in [7, 11) is 1.60. The first-order valence-corrected chi connectivity index (χ1v) is 4.11. The fourth-order valence-electron chi connectivity index (χ4n) is 1.47. The van der Waals surface area contributed by atoms with Gasteiger partial charge in [0.25, 0.3) is 0 Å². The summed E-state index contributed by atoms with van der Waals surface area (Å²) in [4.78, 5) is 0. The maximum absolute atomic E-state index is 12.6. The van der Waals surface area contributed by atoms with E-state index >= 15 is 0 Å². The average Bonchev–Trinajstić information content (AvgIpc) is 2.41. The van der Waals surface area contributed by atoms with E-state index < -0.39 is 12.4 Å². The molecule has 0 N–H and O–H groups in total. The molecule has 2 nitrogen and oxygen atoms in total. The third-order valence-electron chi connectivity index (χ3n) is 2.05. The normalized spacial score (nSPS) is 12.3. The van der Waals surface area contributed by atoms with Crippen molar-refractivity contribution in [3.63, 3.8) is 0 Å². The van der Waals surface area contributed by atoms with E-state index in [-0.39, 0.29) is 5.39 Å². The fourth-order valence-corrected chi connectivity index (χ4v) is 1.47. The molecule has 0 spiro atoms. The molecular formula is C8H7BF3N2-.